The molecule has 0 spiro atoms. The summed E-state index contributed by atoms with van der Waals surface area (Å²) in [5.74, 6) is -2.78. The Hall–Kier alpha value is -2.34. The number of unbranched alkanes of at least 4 members (excludes halogenated alkanes) is 4. The van der Waals surface area contributed by atoms with E-state index in [1.165, 1.54) is 11.8 Å². The number of ketones is 1. The Labute approximate surface area is 209 Å². The maximum Gasteiger partial charge on any atom is 0.315 e. The molecular formula is C23H38N4O7S. The van der Waals surface area contributed by atoms with E-state index in [0.29, 0.717) is 76.6 Å². The predicted octanol–water partition coefficient (Wildman–Crippen LogP) is 1.24. The van der Waals surface area contributed by atoms with Crippen LogP contribution in [-0.2, 0) is 19.2 Å². The fourth-order valence-electron chi connectivity index (χ4n) is 4.70. The number of nitrogens with two attached hydrogens (primary N) is 1. The van der Waals surface area contributed by atoms with Crippen molar-refractivity contribution in [3.8, 4) is 0 Å². The number of carboxylic acids is 2. The normalized spacial score (nSPS) is 23.7. The third kappa shape index (κ3) is 8.38. The summed E-state index contributed by atoms with van der Waals surface area (Å²) < 4.78 is -0.851. The van der Waals surface area contributed by atoms with Crippen molar-refractivity contribution in [1.29, 1.82) is 0 Å². The molecule has 198 valence electrons. The molecule has 12 heteroatoms. The first-order valence-corrected chi connectivity index (χ1v) is 13.4. The molecule has 7 N–H and O–H groups in total. The summed E-state index contributed by atoms with van der Waals surface area (Å²) in [6.07, 6.45) is 5.19. The summed E-state index contributed by atoms with van der Waals surface area (Å²) >= 11 is 1.49. The van der Waals surface area contributed by atoms with Gasteiger partial charge in [-0.2, -0.15) is 0 Å². The lowest BCUT2D eigenvalue weighted by Crippen LogP contribution is -2.56. The van der Waals surface area contributed by atoms with Crippen LogP contribution in [-0.4, -0.2) is 75.5 Å². The van der Waals surface area contributed by atoms with Gasteiger partial charge >= 0.3 is 18.0 Å². The largest absolute Gasteiger partial charge is 0.481 e. The van der Waals surface area contributed by atoms with Crippen molar-refractivity contribution in [3.05, 3.63) is 0 Å². The number of carbonyl (C=O) groups excluding carboxylic acids is 3. The molecule has 0 aliphatic carbocycles. The molecule has 2 fully saturated rings. The highest BCUT2D eigenvalue weighted by Crippen LogP contribution is 2.44. The Morgan fingerprint density at radius 2 is 1.77 bits per heavy atom. The van der Waals surface area contributed by atoms with Crippen LogP contribution in [0.1, 0.15) is 70.6 Å². The van der Waals surface area contributed by atoms with E-state index < -0.39 is 22.6 Å². The van der Waals surface area contributed by atoms with Crippen molar-refractivity contribution in [2.75, 3.05) is 18.8 Å². The van der Waals surface area contributed by atoms with E-state index in [4.69, 9.17) is 10.8 Å². The van der Waals surface area contributed by atoms with Crippen LogP contribution in [0.4, 0.5) is 4.79 Å². The maximum atomic E-state index is 13.2. The Kier molecular flexibility index (Phi) is 11.8. The number of rotatable bonds is 18. The molecule has 0 saturated carbocycles. The van der Waals surface area contributed by atoms with Crippen molar-refractivity contribution in [3.63, 3.8) is 0 Å². The summed E-state index contributed by atoms with van der Waals surface area (Å²) in [6, 6.07) is -0.791. The lowest BCUT2D eigenvalue weighted by molar-refractivity contribution is -0.146. The second-order valence-electron chi connectivity index (χ2n) is 9.21. The quantitative estimate of drug-likeness (QED) is 0.0888. The number of fused-ring (bicyclic) bond motifs is 1. The monoisotopic (exact) mass is 514 g/mol. The topological polar surface area (TPSA) is 188 Å². The zero-order valence-electron chi connectivity index (χ0n) is 20.1. The first kappa shape index (κ1) is 28.9. The summed E-state index contributed by atoms with van der Waals surface area (Å²) in [5.41, 5.74) is 5.43. The minimum absolute atomic E-state index is 0.0372. The first-order valence-electron chi connectivity index (χ1n) is 12.4. The maximum absolute atomic E-state index is 13.2. The standard InChI is InChI=1S/C23H38N4O7S/c24-12-6-4-8-15(20(31)32)17(28)9-2-1-7-13-25-21(33)23(11-5-3-10-18(29)30)19-16(14-35-23)26-22(34)27-19/h15-16,19H,1-14,24H2,(H,25,33)(H,29,30)(H,31,32)(H2,26,27,34)/t15?,16-,19-,23-/m0/s1. The van der Waals surface area contributed by atoms with E-state index in [1.54, 1.807) is 0 Å². The van der Waals surface area contributed by atoms with E-state index in [0.717, 1.165) is 0 Å². The molecule has 0 bridgehead atoms. The van der Waals surface area contributed by atoms with Crippen LogP contribution in [0.5, 0.6) is 0 Å². The fraction of sp³-hybridized carbons (Fsp3) is 0.783. The molecular weight excluding hydrogens is 476 g/mol. The summed E-state index contributed by atoms with van der Waals surface area (Å²) in [4.78, 5) is 59.5. The van der Waals surface area contributed by atoms with Gasteiger partial charge in [0.25, 0.3) is 0 Å². The number of aliphatic carboxylic acids is 2. The molecule has 4 atom stereocenters. The number of urea groups is 1. The van der Waals surface area contributed by atoms with Gasteiger partial charge in [-0.05, 0) is 45.1 Å². The lowest BCUT2D eigenvalue weighted by atomic mass is 9.88. The minimum atomic E-state index is -1.09. The summed E-state index contributed by atoms with van der Waals surface area (Å²) in [7, 11) is 0. The smallest absolute Gasteiger partial charge is 0.315 e. The Bertz CT molecular complexity index is 781. The number of hydrogen-bond donors (Lipinski definition) is 6. The molecule has 0 aromatic carbocycles. The van der Waals surface area contributed by atoms with E-state index >= 15 is 0 Å². The van der Waals surface area contributed by atoms with Gasteiger partial charge in [-0.15, -0.1) is 11.8 Å². The number of Topliss-reactive ketones (excluding diaryl/α,β-unsaturated/α-hetero) is 1. The highest BCUT2D eigenvalue weighted by molar-refractivity contribution is 8.01. The van der Waals surface area contributed by atoms with Crippen molar-refractivity contribution in [2.24, 2.45) is 11.7 Å². The number of carbonyl (C=O) groups is 5. The molecule has 3 amide bonds. The number of carboxylic acid groups (broad SMARTS) is 2. The van der Waals surface area contributed by atoms with Crippen molar-refractivity contribution in [1.82, 2.24) is 16.0 Å². The van der Waals surface area contributed by atoms with E-state index in [9.17, 15) is 29.1 Å². The van der Waals surface area contributed by atoms with Gasteiger partial charge in [-0.25, -0.2) is 4.79 Å². The van der Waals surface area contributed by atoms with Crippen molar-refractivity contribution < 1.29 is 34.2 Å². The summed E-state index contributed by atoms with van der Waals surface area (Å²) in [6.45, 7) is 0.876. The SMILES string of the molecule is NCCCCC(C(=O)O)C(=O)CCCCCNC(=O)[C@@]1(CCCCC(=O)O)SC[C@@H]2NC(=O)N[C@@H]21. The van der Waals surface area contributed by atoms with Gasteiger partial charge in [0.05, 0.1) is 12.1 Å². The van der Waals surface area contributed by atoms with Gasteiger partial charge in [0.15, 0.2) is 0 Å². The van der Waals surface area contributed by atoms with Gasteiger partial charge in [0.2, 0.25) is 5.91 Å². The Morgan fingerprint density at radius 3 is 2.46 bits per heavy atom. The zero-order valence-corrected chi connectivity index (χ0v) is 20.9. The fourth-order valence-corrected chi connectivity index (χ4v) is 6.34. The average Bonchev–Trinajstić information content (AvgIpc) is 3.34. The number of nitrogens with one attached hydrogen (secondary N) is 3. The van der Waals surface area contributed by atoms with Crippen LogP contribution in [0.15, 0.2) is 0 Å². The van der Waals surface area contributed by atoms with Crippen LogP contribution < -0.4 is 21.7 Å². The molecule has 0 radical (unpaired) electrons. The third-order valence-corrected chi connectivity index (χ3v) is 8.31. The Morgan fingerprint density at radius 1 is 1.03 bits per heavy atom. The minimum Gasteiger partial charge on any atom is -0.481 e. The molecule has 2 rings (SSSR count). The van der Waals surface area contributed by atoms with Gasteiger partial charge in [0, 0.05) is 25.1 Å². The van der Waals surface area contributed by atoms with Crippen molar-refractivity contribution in [2.45, 2.75) is 87.5 Å². The molecule has 1 unspecified atom stereocenters. The second kappa shape index (κ2) is 14.3. The van der Waals surface area contributed by atoms with Crippen molar-refractivity contribution >= 4 is 41.4 Å². The molecule has 0 aromatic heterocycles. The van der Waals surface area contributed by atoms with E-state index in [1.807, 2.05) is 0 Å². The molecule has 2 aliphatic heterocycles. The van der Waals surface area contributed by atoms with Crippen LogP contribution in [0, 0.1) is 5.92 Å². The second-order valence-corrected chi connectivity index (χ2v) is 10.6. The molecule has 0 aromatic rings. The summed E-state index contributed by atoms with van der Waals surface area (Å²) in [5, 5.41) is 26.8. The third-order valence-electron chi connectivity index (χ3n) is 6.62. The van der Waals surface area contributed by atoms with E-state index in [2.05, 4.69) is 16.0 Å². The van der Waals surface area contributed by atoms with E-state index in [-0.39, 0.29) is 42.6 Å². The highest BCUT2D eigenvalue weighted by atomic mass is 32.2. The number of thioether (sulfide) groups is 1. The molecule has 2 heterocycles. The zero-order chi connectivity index (χ0) is 25.8. The molecule has 2 aliphatic rings. The number of amides is 3. The van der Waals surface area contributed by atoms with Gasteiger partial charge in [0.1, 0.15) is 16.4 Å². The molecule has 2 saturated heterocycles. The predicted molar refractivity (Wildman–Crippen MR) is 131 cm³/mol. The highest BCUT2D eigenvalue weighted by Gasteiger charge is 2.57. The van der Waals surface area contributed by atoms with Crippen LogP contribution >= 0.6 is 11.8 Å². The molecule has 35 heavy (non-hydrogen) atoms. The van der Waals surface area contributed by atoms with Crippen LogP contribution in [0.3, 0.4) is 0 Å². The first-order chi connectivity index (χ1) is 16.7. The van der Waals surface area contributed by atoms with Gasteiger partial charge in [-0.3, -0.25) is 19.2 Å². The van der Waals surface area contributed by atoms with Gasteiger partial charge in [-0.1, -0.05) is 19.3 Å². The van der Waals surface area contributed by atoms with Gasteiger partial charge < -0.3 is 31.9 Å². The lowest BCUT2D eigenvalue weighted by Gasteiger charge is -2.32. The van der Waals surface area contributed by atoms with Crippen LogP contribution in [0.2, 0.25) is 0 Å². The molecule has 11 nitrogen and oxygen atoms in total. The Balaban J connectivity index is 1.78. The average molecular weight is 515 g/mol. The van der Waals surface area contributed by atoms with Crippen LogP contribution in [0.25, 0.3) is 0 Å². The number of hydrogen-bond acceptors (Lipinski definition) is 7.